The van der Waals surface area contributed by atoms with Crippen molar-refractivity contribution in [2.24, 2.45) is 0 Å². The van der Waals surface area contributed by atoms with Crippen LogP contribution < -0.4 is 11.1 Å². The number of hydrogen-bond donors (Lipinski definition) is 2. The third kappa shape index (κ3) is 2.66. The van der Waals surface area contributed by atoms with Crippen LogP contribution in [-0.4, -0.2) is 23.7 Å². The number of nitriles is 1. The number of nitrogens with two attached hydrogens (primary N) is 1. The smallest absolute Gasteiger partial charge is 0.149 e. The maximum Gasteiger partial charge on any atom is 0.149 e. The average molecular weight is 232 g/mol. The summed E-state index contributed by atoms with van der Waals surface area (Å²) in [5.74, 6) is 0.656. The number of aromatic nitrogens is 1. The molecule has 1 fully saturated rings. The highest BCUT2D eigenvalue weighted by Gasteiger charge is 2.29. The topological polar surface area (TPSA) is 84.0 Å². The van der Waals surface area contributed by atoms with E-state index in [4.69, 9.17) is 15.7 Å². The monoisotopic (exact) mass is 232 g/mol. The van der Waals surface area contributed by atoms with Crippen LogP contribution in [0, 0.1) is 11.3 Å². The van der Waals surface area contributed by atoms with Gasteiger partial charge in [-0.25, -0.2) is 4.98 Å². The first-order chi connectivity index (χ1) is 8.22. The van der Waals surface area contributed by atoms with E-state index in [-0.39, 0.29) is 0 Å². The zero-order valence-corrected chi connectivity index (χ0v) is 9.81. The van der Waals surface area contributed by atoms with Gasteiger partial charge in [-0.2, -0.15) is 5.26 Å². The molecule has 1 aliphatic rings. The molecule has 90 valence electrons. The van der Waals surface area contributed by atoms with Crippen molar-refractivity contribution in [3.8, 4) is 6.07 Å². The first-order valence-corrected chi connectivity index (χ1v) is 5.76. The van der Waals surface area contributed by atoms with E-state index in [9.17, 15) is 0 Å². The Hall–Kier alpha value is -1.80. The summed E-state index contributed by atoms with van der Waals surface area (Å²) in [5.41, 5.74) is 6.81. The molecule has 0 bridgehead atoms. The third-order valence-corrected chi connectivity index (χ3v) is 2.88. The summed E-state index contributed by atoms with van der Waals surface area (Å²) in [4.78, 5) is 4.14. The van der Waals surface area contributed by atoms with Crippen molar-refractivity contribution in [3.05, 3.63) is 17.8 Å². The minimum atomic E-state index is 0.358. The van der Waals surface area contributed by atoms with Gasteiger partial charge in [-0.15, -0.1) is 0 Å². The molecule has 1 saturated carbocycles. The normalized spacial score (nSPS) is 22.6. The van der Waals surface area contributed by atoms with Crippen LogP contribution in [0.15, 0.2) is 12.3 Å². The molecule has 0 amide bonds. The summed E-state index contributed by atoms with van der Waals surface area (Å²) in [6.45, 7) is 2.76. The van der Waals surface area contributed by atoms with Gasteiger partial charge in [0.1, 0.15) is 11.9 Å². The maximum absolute atomic E-state index is 8.70. The molecule has 1 heterocycles. The van der Waals surface area contributed by atoms with Gasteiger partial charge in [-0.1, -0.05) is 0 Å². The van der Waals surface area contributed by atoms with Gasteiger partial charge in [-0.05, 0) is 25.8 Å². The summed E-state index contributed by atoms with van der Waals surface area (Å²) in [6.07, 6.45) is 3.85. The second kappa shape index (κ2) is 5.02. The Labute approximate surface area is 101 Å². The Bertz CT molecular complexity index is 435. The standard InChI is InChI=1S/C12H16N4O/c1-2-17-10-4-9(5-10)16-12-11(14)3-8(6-13)7-15-12/h3,7,9-10H,2,4-5,14H2,1H3,(H,15,16). The minimum absolute atomic E-state index is 0.358. The molecular weight excluding hydrogens is 216 g/mol. The van der Waals surface area contributed by atoms with E-state index in [1.807, 2.05) is 13.0 Å². The van der Waals surface area contributed by atoms with Crippen molar-refractivity contribution in [2.75, 3.05) is 17.7 Å². The predicted octanol–water partition coefficient (Wildman–Crippen LogP) is 1.51. The van der Waals surface area contributed by atoms with Crippen molar-refractivity contribution in [1.29, 1.82) is 5.26 Å². The lowest BCUT2D eigenvalue weighted by atomic mass is 9.89. The first-order valence-electron chi connectivity index (χ1n) is 5.76. The molecule has 0 saturated heterocycles. The molecule has 1 aromatic rings. The highest BCUT2D eigenvalue weighted by atomic mass is 16.5. The molecule has 0 spiro atoms. The second-order valence-electron chi connectivity index (χ2n) is 4.16. The highest BCUT2D eigenvalue weighted by Crippen LogP contribution is 2.28. The van der Waals surface area contributed by atoms with Crippen LogP contribution in [0.1, 0.15) is 25.3 Å². The van der Waals surface area contributed by atoms with Crippen LogP contribution >= 0.6 is 0 Å². The lowest BCUT2D eigenvalue weighted by Gasteiger charge is -2.35. The number of nitrogens with zero attached hydrogens (tertiary/aromatic N) is 2. The van der Waals surface area contributed by atoms with Gasteiger partial charge < -0.3 is 15.8 Å². The summed E-state index contributed by atoms with van der Waals surface area (Å²) in [5, 5.41) is 12.0. The molecular formula is C12H16N4O. The fraction of sp³-hybridized carbons (Fsp3) is 0.500. The molecule has 0 aromatic carbocycles. The molecule has 5 nitrogen and oxygen atoms in total. The molecule has 17 heavy (non-hydrogen) atoms. The van der Waals surface area contributed by atoms with E-state index in [0.717, 1.165) is 19.4 Å². The number of ether oxygens (including phenoxy) is 1. The summed E-state index contributed by atoms with van der Waals surface area (Å²) >= 11 is 0. The average Bonchev–Trinajstić information content (AvgIpc) is 2.28. The van der Waals surface area contributed by atoms with E-state index in [0.29, 0.717) is 29.2 Å². The van der Waals surface area contributed by atoms with Crippen molar-refractivity contribution in [1.82, 2.24) is 4.98 Å². The fourth-order valence-electron chi connectivity index (χ4n) is 1.91. The molecule has 0 radical (unpaired) electrons. The Morgan fingerprint density at radius 2 is 2.41 bits per heavy atom. The van der Waals surface area contributed by atoms with Crippen molar-refractivity contribution in [3.63, 3.8) is 0 Å². The SMILES string of the molecule is CCOC1CC(Nc2ncc(C#N)cc2N)C1. The molecule has 3 N–H and O–H groups in total. The van der Waals surface area contributed by atoms with E-state index in [2.05, 4.69) is 10.3 Å². The predicted molar refractivity (Wildman–Crippen MR) is 65.4 cm³/mol. The highest BCUT2D eigenvalue weighted by molar-refractivity contribution is 5.63. The number of hydrogen-bond acceptors (Lipinski definition) is 5. The van der Waals surface area contributed by atoms with Gasteiger partial charge in [0.15, 0.2) is 0 Å². The van der Waals surface area contributed by atoms with E-state index >= 15 is 0 Å². The lowest BCUT2D eigenvalue weighted by Crippen LogP contribution is -2.41. The van der Waals surface area contributed by atoms with Crippen LogP contribution in [0.3, 0.4) is 0 Å². The van der Waals surface area contributed by atoms with Crippen LogP contribution in [0.5, 0.6) is 0 Å². The quantitative estimate of drug-likeness (QED) is 0.822. The molecule has 0 unspecified atom stereocenters. The zero-order chi connectivity index (χ0) is 12.3. The zero-order valence-electron chi connectivity index (χ0n) is 9.81. The van der Waals surface area contributed by atoms with Crippen LogP contribution in [0.25, 0.3) is 0 Å². The van der Waals surface area contributed by atoms with Crippen molar-refractivity contribution < 1.29 is 4.74 Å². The molecule has 5 heteroatoms. The summed E-state index contributed by atoms with van der Waals surface area (Å²) in [6, 6.07) is 4.01. The summed E-state index contributed by atoms with van der Waals surface area (Å²) in [7, 11) is 0. The Balaban J connectivity index is 1.91. The molecule has 0 atom stereocenters. The molecule has 1 aromatic heterocycles. The van der Waals surface area contributed by atoms with Gasteiger partial charge >= 0.3 is 0 Å². The number of nitrogen functional groups attached to an aromatic ring is 1. The minimum Gasteiger partial charge on any atom is -0.396 e. The van der Waals surface area contributed by atoms with E-state index < -0.39 is 0 Å². The Kier molecular flexibility index (Phi) is 3.45. The van der Waals surface area contributed by atoms with Crippen LogP contribution in [0.4, 0.5) is 11.5 Å². The Morgan fingerprint density at radius 3 is 3.00 bits per heavy atom. The number of rotatable bonds is 4. The number of nitrogens with one attached hydrogen (secondary N) is 1. The lowest BCUT2D eigenvalue weighted by molar-refractivity contribution is 0.00294. The molecule has 0 aliphatic heterocycles. The largest absolute Gasteiger partial charge is 0.396 e. The molecule has 1 aliphatic carbocycles. The van der Waals surface area contributed by atoms with Gasteiger partial charge in [0.2, 0.25) is 0 Å². The van der Waals surface area contributed by atoms with Crippen molar-refractivity contribution >= 4 is 11.5 Å². The Morgan fingerprint density at radius 1 is 1.65 bits per heavy atom. The maximum atomic E-state index is 8.70. The van der Waals surface area contributed by atoms with Gasteiger partial charge in [-0.3, -0.25) is 0 Å². The van der Waals surface area contributed by atoms with Crippen molar-refractivity contribution in [2.45, 2.75) is 31.9 Å². The van der Waals surface area contributed by atoms with Gasteiger partial charge in [0.05, 0.1) is 17.4 Å². The number of anilines is 2. The second-order valence-corrected chi connectivity index (χ2v) is 4.16. The van der Waals surface area contributed by atoms with E-state index in [1.165, 1.54) is 6.20 Å². The first kappa shape index (κ1) is 11.7. The number of pyridine rings is 1. The third-order valence-electron chi connectivity index (χ3n) is 2.88. The van der Waals surface area contributed by atoms with Gasteiger partial charge in [0.25, 0.3) is 0 Å². The molecule has 2 rings (SSSR count). The van der Waals surface area contributed by atoms with E-state index in [1.54, 1.807) is 6.07 Å². The van der Waals surface area contributed by atoms with Crippen LogP contribution in [-0.2, 0) is 4.74 Å². The fourth-order valence-corrected chi connectivity index (χ4v) is 1.91. The summed E-state index contributed by atoms with van der Waals surface area (Å²) < 4.78 is 5.48. The van der Waals surface area contributed by atoms with Gasteiger partial charge in [0, 0.05) is 18.8 Å². The van der Waals surface area contributed by atoms with Crippen LogP contribution in [0.2, 0.25) is 0 Å².